The van der Waals surface area contributed by atoms with E-state index in [1.807, 2.05) is 32.0 Å². The summed E-state index contributed by atoms with van der Waals surface area (Å²) in [6.45, 7) is 4.87. The lowest BCUT2D eigenvalue weighted by Crippen LogP contribution is -2.17. The SMILES string of the molecule is Cc1nc2ncnn2c(NCC(CCO)c2ccccc2)c1C. The Kier molecular flexibility index (Phi) is 4.52. The Morgan fingerprint density at radius 3 is 2.74 bits per heavy atom. The highest BCUT2D eigenvalue weighted by Gasteiger charge is 2.15. The molecule has 0 spiro atoms. The first kappa shape index (κ1) is 15.4. The molecular formula is C17H21N5O. The van der Waals surface area contributed by atoms with Crippen molar-refractivity contribution < 1.29 is 5.11 Å². The van der Waals surface area contributed by atoms with Gasteiger partial charge in [-0.3, -0.25) is 0 Å². The summed E-state index contributed by atoms with van der Waals surface area (Å²) in [5, 5.41) is 17.1. The first-order valence-corrected chi connectivity index (χ1v) is 7.77. The molecule has 2 N–H and O–H groups in total. The first-order valence-electron chi connectivity index (χ1n) is 7.77. The van der Waals surface area contributed by atoms with Crippen molar-refractivity contribution in [2.45, 2.75) is 26.2 Å². The van der Waals surface area contributed by atoms with E-state index in [-0.39, 0.29) is 12.5 Å². The Morgan fingerprint density at radius 2 is 2.00 bits per heavy atom. The van der Waals surface area contributed by atoms with Gasteiger partial charge in [0.05, 0.1) is 0 Å². The molecule has 0 aliphatic rings. The molecule has 0 saturated heterocycles. The number of fused-ring (bicyclic) bond motifs is 1. The molecule has 2 aromatic heterocycles. The summed E-state index contributed by atoms with van der Waals surface area (Å²) in [4.78, 5) is 8.59. The highest BCUT2D eigenvalue weighted by Crippen LogP contribution is 2.22. The summed E-state index contributed by atoms with van der Waals surface area (Å²) in [6.07, 6.45) is 2.22. The number of aliphatic hydroxyl groups is 1. The summed E-state index contributed by atoms with van der Waals surface area (Å²) in [5.74, 6) is 1.73. The second kappa shape index (κ2) is 6.75. The summed E-state index contributed by atoms with van der Waals surface area (Å²) in [6, 6.07) is 10.2. The normalized spacial score (nSPS) is 12.5. The molecule has 6 heteroatoms. The molecule has 0 bridgehead atoms. The van der Waals surface area contributed by atoms with E-state index >= 15 is 0 Å². The topological polar surface area (TPSA) is 75.3 Å². The molecule has 23 heavy (non-hydrogen) atoms. The predicted molar refractivity (Wildman–Crippen MR) is 89.6 cm³/mol. The van der Waals surface area contributed by atoms with E-state index in [1.54, 1.807) is 4.52 Å². The Morgan fingerprint density at radius 1 is 1.22 bits per heavy atom. The standard InChI is InChI=1S/C17H21N5O/c1-12-13(2)21-17-19-11-20-22(17)16(12)18-10-15(8-9-23)14-6-4-3-5-7-14/h3-7,11,15,18,23H,8-10H2,1-2H3. The molecule has 2 heterocycles. The number of hydrogen-bond donors (Lipinski definition) is 2. The van der Waals surface area contributed by atoms with Crippen molar-refractivity contribution in [3.63, 3.8) is 0 Å². The minimum Gasteiger partial charge on any atom is -0.396 e. The van der Waals surface area contributed by atoms with Crippen LogP contribution in [0, 0.1) is 13.8 Å². The third kappa shape index (κ3) is 3.17. The van der Waals surface area contributed by atoms with Crippen molar-refractivity contribution in [2.75, 3.05) is 18.5 Å². The van der Waals surface area contributed by atoms with Gasteiger partial charge in [-0.05, 0) is 25.8 Å². The maximum Gasteiger partial charge on any atom is 0.254 e. The van der Waals surface area contributed by atoms with Crippen molar-refractivity contribution in [3.05, 3.63) is 53.5 Å². The lowest BCUT2D eigenvalue weighted by Gasteiger charge is -2.19. The van der Waals surface area contributed by atoms with Gasteiger partial charge >= 0.3 is 0 Å². The predicted octanol–water partition coefficient (Wildman–Crippen LogP) is 2.32. The molecule has 0 aliphatic heterocycles. The average molecular weight is 311 g/mol. The first-order chi connectivity index (χ1) is 11.2. The number of aromatic nitrogens is 4. The van der Waals surface area contributed by atoms with Gasteiger partial charge in [-0.2, -0.15) is 14.6 Å². The highest BCUT2D eigenvalue weighted by molar-refractivity contribution is 5.52. The average Bonchev–Trinajstić information content (AvgIpc) is 3.03. The second-order valence-corrected chi connectivity index (χ2v) is 5.64. The maximum absolute atomic E-state index is 9.37. The van der Waals surface area contributed by atoms with E-state index in [4.69, 9.17) is 0 Å². The Labute approximate surface area is 135 Å². The zero-order valence-corrected chi connectivity index (χ0v) is 13.4. The molecule has 3 aromatic rings. The van der Waals surface area contributed by atoms with Crippen LogP contribution in [0.25, 0.3) is 5.78 Å². The van der Waals surface area contributed by atoms with E-state index in [9.17, 15) is 5.11 Å². The number of aliphatic hydroxyl groups excluding tert-OH is 1. The summed E-state index contributed by atoms with van der Waals surface area (Å²) >= 11 is 0. The smallest absolute Gasteiger partial charge is 0.254 e. The van der Waals surface area contributed by atoms with Crippen molar-refractivity contribution in [1.29, 1.82) is 0 Å². The van der Waals surface area contributed by atoms with E-state index in [0.29, 0.717) is 18.7 Å². The molecule has 0 amide bonds. The summed E-state index contributed by atoms with van der Waals surface area (Å²) < 4.78 is 1.73. The van der Waals surface area contributed by atoms with Crippen molar-refractivity contribution in [1.82, 2.24) is 19.6 Å². The molecule has 1 unspecified atom stereocenters. The third-order valence-corrected chi connectivity index (χ3v) is 4.17. The van der Waals surface area contributed by atoms with Gasteiger partial charge in [0.2, 0.25) is 0 Å². The van der Waals surface area contributed by atoms with Crippen molar-refractivity contribution >= 4 is 11.6 Å². The van der Waals surface area contributed by atoms with Gasteiger partial charge in [0.15, 0.2) is 0 Å². The number of anilines is 1. The minimum atomic E-state index is 0.161. The molecule has 0 fully saturated rings. The Hall–Kier alpha value is -2.47. The third-order valence-electron chi connectivity index (χ3n) is 4.17. The molecule has 1 atom stereocenters. The van der Waals surface area contributed by atoms with Gasteiger partial charge in [-0.1, -0.05) is 30.3 Å². The van der Waals surface area contributed by atoms with E-state index < -0.39 is 0 Å². The molecule has 0 saturated carbocycles. The molecule has 0 aliphatic carbocycles. The molecule has 0 radical (unpaired) electrons. The largest absolute Gasteiger partial charge is 0.396 e. The number of aryl methyl sites for hydroxylation is 1. The fraction of sp³-hybridized carbons (Fsp3) is 0.353. The summed E-state index contributed by atoms with van der Waals surface area (Å²) in [5.41, 5.74) is 3.21. The monoisotopic (exact) mass is 311 g/mol. The quantitative estimate of drug-likeness (QED) is 0.730. The van der Waals surface area contributed by atoms with Crippen LogP contribution in [0.15, 0.2) is 36.7 Å². The molecule has 1 aromatic carbocycles. The number of benzene rings is 1. The van der Waals surface area contributed by atoms with Crippen LogP contribution in [0.5, 0.6) is 0 Å². The highest BCUT2D eigenvalue weighted by atomic mass is 16.3. The van der Waals surface area contributed by atoms with Crippen LogP contribution in [0.2, 0.25) is 0 Å². The zero-order chi connectivity index (χ0) is 16.2. The molecule has 3 rings (SSSR count). The van der Waals surface area contributed by atoms with Crippen LogP contribution < -0.4 is 5.32 Å². The summed E-state index contributed by atoms with van der Waals surface area (Å²) in [7, 11) is 0. The van der Waals surface area contributed by atoms with Crippen LogP contribution in [-0.2, 0) is 0 Å². The van der Waals surface area contributed by atoms with Crippen LogP contribution in [0.1, 0.15) is 29.2 Å². The Balaban J connectivity index is 1.86. The van der Waals surface area contributed by atoms with Crippen LogP contribution in [0.3, 0.4) is 0 Å². The minimum absolute atomic E-state index is 0.161. The molecular weight excluding hydrogens is 290 g/mol. The van der Waals surface area contributed by atoms with Crippen LogP contribution >= 0.6 is 0 Å². The van der Waals surface area contributed by atoms with E-state index in [1.165, 1.54) is 11.9 Å². The van der Waals surface area contributed by atoms with E-state index in [0.717, 1.165) is 17.1 Å². The van der Waals surface area contributed by atoms with Gasteiger partial charge in [-0.25, -0.2) is 4.98 Å². The van der Waals surface area contributed by atoms with Gasteiger partial charge in [0.25, 0.3) is 5.78 Å². The van der Waals surface area contributed by atoms with Gasteiger partial charge in [0, 0.05) is 30.3 Å². The molecule has 6 nitrogen and oxygen atoms in total. The van der Waals surface area contributed by atoms with Gasteiger partial charge in [-0.15, -0.1) is 0 Å². The van der Waals surface area contributed by atoms with Gasteiger partial charge < -0.3 is 10.4 Å². The Bertz CT molecular complexity index is 784. The van der Waals surface area contributed by atoms with Crippen LogP contribution in [-0.4, -0.2) is 37.8 Å². The van der Waals surface area contributed by atoms with Crippen molar-refractivity contribution in [3.8, 4) is 0 Å². The second-order valence-electron chi connectivity index (χ2n) is 5.64. The molecule has 120 valence electrons. The lowest BCUT2D eigenvalue weighted by molar-refractivity contribution is 0.277. The zero-order valence-electron chi connectivity index (χ0n) is 13.4. The van der Waals surface area contributed by atoms with Crippen LogP contribution in [0.4, 0.5) is 5.82 Å². The fourth-order valence-corrected chi connectivity index (χ4v) is 2.73. The number of nitrogens with one attached hydrogen (secondary N) is 1. The van der Waals surface area contributed by atoms with Gasteiger partial charge in [0.1, 0.15) is 12.1 Å². The fourth-order valence-electron chi connectivity index (χ4n) is 2.73. The lowest BCUT2D eigenvalue weighted by atomic mass is 9.96. The maximum atomic E-state index is 9.37. The van der Waals surface area contributed by atoms with Crippen molar-refractivity contribution in [2.24, 2.45) is 0 Å². The number of nitrogens with zero attached hydrogens (tertiary/aromatic N) is 4. The number of rotatable bonds is 6. The van der Waals surface area contributed by atoms with E-state index in [2.05, 4.69) is 32.5 Å². The number of hydrogen-bond acceptors (Lipinski definition) is 5.